The number of amides is 1. The monoisotopic (exact) mass is 268 g/mol. The zero-order chi connectivity index (χ0) is 13.7. The normalized spacial score (nSPS) is 21.3. The van der Waals surface area contributed by atoms with Gasteiger partial charge in [0.05, 0.1) is 6.54 Å². The number of hydrogen-bond acceptors (Lipinski definition) is 3. The van der Waals surface area contributed by atoms with Gasteiger partial charge in [0.2, 0.25) is 5.91 Å². The lowest BCUT2D eigenvalue weighted by Crippen LogP contribution is -2.42. The quantitative estimate of drug-likeness (QED) is 0.725. The minimum absolute atomic E-state index is 0.135. The second kappa shape index (κ2) is 6.89. The SMILES string of the molecule is O=C(O)CCC1CCN(CC(=O)NCC2CC2)CC1. The Morgan fingerprint density at radius 2 is 1.79 bits per heavy atom. The maximum Gasteiger partial charge on any atom is 0.303 e. The van der Waals surface area contributed by atoms with Crippen molar-refractivity contribution >= 4 is 11.9 Å². The number of nitrogens with one attached hydrogen (secondary N) is 1. The minimum atomic E-state index is -0.707. The van der Waals surface area contributed by atoms with E-state index in [4.69, 9.17) is 5.11 Å². The third kappa shape index (κ3) is 5.59. The first kappa shape index (κ1) is 14.3. The number of carboxylic acid groups (broad SMARTS) is 1. The molecule has 0 aromatic rings. The molecule has 2 rings (SSSR count). The Bertz CT molecular complexity index is 321. The van der Waals surface area contributed by atoms with Gasteiger partial charge >= 0.3 is 5.97 Å². The fraction of sp³-hybridized carbons (Fsp3) is 0.857. The minimum Gasteiger partial charge on any atom is -0.481 e. The molecule has 1 heterocycles. The summed E-state index contributed by atoms with van der Waals surface area (Å²) in [5.74, 6) is 0.672. The summed E-state index contributed by atoms with van der Waals surface area (Å²) in [6.07, 6.45) is 5.60. The largest absolute Gasteiger partial charge is 0.481 e. The first-order valence-corrected chi connectivity index (χ1v) is 7.34. The molecule has 1 aliphatic carbocycles. The molecule has 5 heteroatoms. The molecule has 1 aliphatic heterocycles. The molecule has 108 valence electrons. The van der Waals surface area contributed by atoms with Crippen molar-refractivity contribution in [3.05, 3.63) is 0 Å². The summed E-state index contributed by atoms with van der Waals surface area (Å²) in [4.78, 5) is 24.4. The molecule has 1 saturated carbocycles. The van der Waals surface area contributed by atoms with Crippen molar-refractivity contribution in [1.82, 2.24) is 10.2 Å². The first-order valence-electron chi connectivity index (χ1n) is 7.34. The van der Waals surface area contributed by atoms with Crippen molar-refractivity contribution in [3.63, 3.8) is 0 Å². The molecule has 0 aromatic carbocycles. The van der Waals surface area contributed by atoms with Gasteiger partial charge in [-0.2, -0.15) is 0 Å². The van der Waals surface area contributed by atoms with E-state index in [1.807, 2.05) is 0 Å². The highest BCUT2D eigenvalue weighted by atomic mass is 16.4. The Hall–Kier alpha value is -1.10. The topological polar surface area (TPSA) is 69.6 Å². The molecule has 19 heavy (non-hydrogen) atoms. The van der Waals surface area contributed by atoms with E-state index >= 15 is 0 Å². The lowest BCUT2D eigenvalue weighted by molar-refractivity contribution is -0.137. The van der Waals surface area contributed by atoms with Crippen molar-refractivity contribution in [2.45, 2.75) is 38.5 Å². The Kier molecular flexibility index (Phi) is 5.19. The fourth-order valence-electron chi connectivity index (χ4n) is 2.60. The van der Waals surface area contributed by atoms with Gasteiger partial charge in [-0.1, -0.05) is 0 Å². The van der Waals surface area contributed by atoms with Crippen LogP contribution in [0.2, 0.25) is 0 Å². The van der Waals surface area contributed by atoms with E-state index in [2.05, 4.69) is 10.2 Å². The average Bonchev–Trinajstić information content (AvgIpc) is 3.19. The third-order valence-corrected chi connectivity index (χ3v) is 4.13. The number of carboxylic acids is 1. The van der Waals surface area contributed by atoms with Gasteiger partial charge in [-0.25, -0.2) is 0 Å². The number of hydrogen-bond donors (Lipinski definition) is 2. The molecule has 2 N–H and O–H groups in total. The number of aliphatic carboxylic acids is 1. The Morgan fingerprint density at radius 3 is 2.37 bits per heavy atom. The molecule has 1 amide bonds. The Balaban J connectivity index is 1.56. The van der Waals surface area contributed by atoms with E-state index in [0.29, 0.717) is 12.5 Å². The number of carbonyl (C=O) groups is 2. The van der Waals surface area contributed by atoms with Crippen LogP contribution < -0.4 is 5.32 Å². The van der Waals surface area contributed by atoms with Crippen molar-refractivity contribution in [2.24, 2.45) is 11.8 Å². The number of piperidine rings is 1. The van der Waals surface area contributed by atoms with Gasteiger partial charge in [0, 0.05) is 13.0 Å². The van der Waals surface area contributed by atoms with E-state index in [0.717, 1.165) is 44.8 Å². The average molecular weight is 268 g/mol. The standard InChI is InChI=1S/C14H24N2O3/c17-13(15-9-12-1-2-12)10-16-7-5-11(6-8-16)3-4-14(18)19/h11-12H,1-10H2,(H,15,17)(H,18,19). The van der Waals surface area contributed by atoms with Crippen LogP contribution in [0.15, 0.2) is 0 Å². The molecule has 5 nitrogen and oxygen atoms in total. The number of likely N-dealkylation sites (tertiary alicyclic amines) is 1. The third-order valence-electron chi connectivity index (χ3n) is 4.13. The summed E-state index contributed by atoms with van der Waals surface area (Å²) < 4.78 is 0. The van der Waals surface area contributed by atoms with Crippen LogP contribution in [-0.4, -0.2) is 48.1 Å². The fourth-order valence-corrected chi connectivity index (χ4v) is 2.60. The van der Waals surface area contributed by atoms with Crippen molar-refractivity contribution in [2.75, 3.05) is 26.2 Å². The highest BCUT2D eigenvalue weighted by molar-refractivity contribution is 5.78. The van der Waals surface area contributed by atoms with Crippen molar-refractivity contribution < 1.29 is 14.7 Å². The molecule has 2 fully saturated rings. The highest BCUT2D eigenvalue weighted by Crippen LogP contribution is 2.27. The van der Waals surface area contributed by atoms with Crippen LogP contribution in [0, 0.1) is 11.8 Å². The highest BCUT2D eigenvalue weighted by Gasteiger charge is 2.23. The molecule has 0 spiro atoms. The summed E-state index contributed by atoms with van der Waals surface area (Å²) in [5, 5.41) is 11.6. The molecular formula is C14H24N2O3. The van der Waals surface area contributed by atoms with Crippen molar-refractivity contribution in [1.29, 1.82) is 0 Å². The van der Waals surface area contributed by atoms with E-state index in [1.165, 1.54) is 12.8 Å². The van der Waals surface area contributed by atoms with Crippen molar-refractivity contribution in [3.8, 4) is 0 Å². The van der Waals surface area contributed by atoms with E-state index in [-0.39, 0.29) is 12.3 Å². The van der Waals surface area contributed by atoms with Gasteiger partial charge in [0.25, 0.3) is 0 Å². The Morgan fingerprint density at radius 1 is 1.11 bits per heavy atom. The maximum absolute atomic E-state index is 11.7. The number of nitrogens with zero attached hydrogens (tertiary/aromatic N) is 1. The maximum atomic E-state index is 11.7. The predicted molar refractivity (Wildman–Crippen MR) is 71.8 cm³/mol. The smallest absolute Gasteiger partial charge is 0.303 e. The van der Waals surface area contributed by atoms with Gasteiger partial charge in [-0.05, 0) is 57.0 Å². The first-order chi connectivity index (χ1) is 9.13. The number of rotatable bonds is 7. The molecule has 0 aromatic heterocycles. The van der Waals surface area contributed by atoms with E-state index in [9.17, 15) is 9.59 Å². The zero-order valence-electron chi connectivity index (χ0n) is 11.4. The zero-order valence-corrected chi connectivity index (χ0v) is 11.4. The van der Waals surface area contributed by atoms with Gasteiger partial charge in [-0.15, -0.1) is 0 Å². The summed E-state index contributed by atoms with van der Waals surface area (Å²) in [7, 11) is 0. The van der Waals surface area contributed by atoms with E-state index < -0.39 is 5.97 Å². The molecular weight excluding hydrogens is 244 g/mol. The molecule has 2 aliphatic rings. The van der Waals surface area contributed by atoms with Crippen LogP contribution in [0.4, 0.5) is 0 Å². The van der Waals surface area contributed by atoms with Crippen LogP contribution >= 0.6 is 0 Å². The van der Waals surface area contributed by atoms with Crippen LogP contribution in [0.5, 0.6) is 0 Å². The van der Waals surface area contributed by atoms with Gasteiger partial charge < -0.3 is 10.4 Å². The molecule has 0 bridgehead atoms. The summed E-state index contributed by atoms with van der Waals surface area (Å²) >= 11 is 0. The predicted octanol–water partition coefficient (Wildman–Crippen LogP) is 1.09. The van der Waals surface area contributed by atoms with Crippen LogP contribution in [0.1, 0.15) is 38.5 Å². The van der Waals surface area contributed by atoms with Crippen LogP contribution in [-0.2, 0) is 9.59 Å². The van der Waals surface area contributed by atoms with Crippen LogP contribution in [0.3, 0.4) is 0 Å². The van der Waals surface area contributed by atoms with E-state index in [1.54, 1.807) is 0 Å². The lowest BCUT2D eigenvalue weighted by Gasteiger charge is -2.31. The number of carbonyl (C=O) groups excluding carboxylic acids is 1. The Labute approximate surface area is 114 Å². The summed E-state index contributed by atoms with van der Waals surface area (Å²) in [6, 6.07) is 0. The second-order valence-electron chi connectivity index (χ2n) is 5.90. The van der Waals surface area contributed by atoms with Gasteiger partial charge in [0.15, 0.2) is 0 Å². The molecule has 0 radical (unpaired) electrons. The molecule has 0 atom stereocenters. The lowest BCUT2D eigenvalue weighted by atomic mass is 9.92. The van der Waals surface area contributed by atoms with Crippen LogP contribution in [0.25, 0.3) is 0 Å². The molecule has 1 saturated heterocycles. The summed E-state index contributed by atoms with van der Waals surface area (Å²) in [6.45, 7) is 3.18. The second-order valence-corrected chi connectivity index (χ2v) is 5.90. The molecule has 0 unspecified atom stereocenters. The van der Waals surface area contributed by atoms with Gasteiger partial charge in [0.1, 0.15) is 0 Å². The summed E-state index contributed by atoms with van der Waals surface area (Å²) in [5.41, 5.74) is 0. The van der Waals surface area contributed by atoms with Gasteiger partial charge in [-0.3, -0.25) is 14.5 Å².